The lowest BCUT2D eigenvalue weighted by atomic mass is 9.83. The van der Waals surface area contributed by atoms with Crippen molar-refractivity contribution in [3.63, 3.8) is 0 Å². The van der Waals surface area contributed by atoms with Crippen LogP contribution in [-0.4, -0.2) is 92.7 Å². The number of carbonyl (C=O) groups is 2. The van der Waals surface area contributed by atoms with E-state index < -0.39 is 54.7 Å². The number of fused-ring (bicyclic) bond motifs is 4. The van der Waals surface area contributed by atoms with Crippen LogP contribution in [0, 0.1) is 0 Å². The number of ether oxygens (including phenoxy) is 1. The normalized spacial score (nSPS) is 16.8. The lowest BCUT2D eigenvalue weighted by Gasteiger charge is -2.42. The molecule has 1 amide bonds. The molecule has 3 heterocycles. The van der Waals surface area contributed by atoms with Gasteiger partial charge in [0.2, 0.25) is 5.36 Å². The van der Waals surface area contributed by atoms with Gasteiger partial charge in [0, 0.05) is 66.7 Å². The van der Waals surface area contributed by atoms with E-state index in [1.54, 1.807) is 36.4 Å². The smallest absolute Gasteiger partial charge is 0.336 e. The first-order valence-corrected chi connectivity index (χ1v) is 21.3. The van der Waals surface area contributed by atoms with E-state index >= 15 is 0 Å². The maximum Gasteiger partial charge on any atom is 0.336 e. The minimum Gasteiger partial charge on any atom is -0.748 e. The van der Waals surface area contributed by atoms with Crippen LogP contribution >= 0.6 is 0 Å². The van der Waals surface area contributed by atoms with E-state index in [9.17, 15) is 40.6 Å². The molecule has 6 rings (SSSR count). The highest BCUT2D eigenvalue weighted by Gasteiger charge is 2.37. The number of aromatic carboxylic acids is 1. The molecule has 0 aromatic heterocycles. The standard InChI is InChI=1S/C40H46N4O10S2/c1-39(2)19-24(21-55(48,49)50)27-15-30-34(17-32(27)43(39)5)54-35-18-33-28(25(22-56(51,52)53)20-40(3,4)44(33)6)16-31(35)36(30)26-11-10-23(14-29(26)38(46)47)37(45)42-13-9-7-8-12-41/h10-11,14-20H,7-9,12-13,21-22,41H2,1-6H3,(H3-,42,45,46,47,48,49,50,51,52,53). The first-order valence-electron chi connectivity index (χ1n) is 18.1. The van der Waals surface area contributed by atoms with Gasteiger partial charge in [-0.15, -0.1) is 0 Å². The van der Waals surface area contributed by atoms with Crippen molar-refractivity contribution in [2.45, 2.75) is 58.0 Å². The van der Waals surface area contributed by atoms with Crippen molar-refractivity contribution < 1.29 is 45.4 Å². The quantitative estimate of drug-likeness (QED) is 0.0923. The van der Waals surface area contributed by atoms with E-state index in [4.69, 9.17) is 10.5 Å². The number of rotatable bonds is 12. The topological polar surface area (TPSA) is 219 Å². The summed E-state index contributed by atoms with van der Waals surface area (Å²) in [6.45, 7) is 8.44. The molecule has 0 spiro atoms. The number of likely N-dealkylation sites (N-methyl/N-ethyl adjacent to an activating group) is 2. The molecule has 0 atom stereocenters. The molecule has 3 aliphatic rings. The summed E-state index contributed by atoms with van der Waals surface area (Å²) in [5.41, 5.74) is 7.00. The predicted octanol–water partition coefficient (Wildman–Crippen LogP) is 2.94. The Balaban J connectivity index is 1.68. The third kappa shape index (κ3) is 8.02. The largest absolute Gasteiger partial charge is 0.748 e. The summed E-state index contributed by atoms with van der Waals surface area (Å²) in [5, 5.41) is 14.5. The lowest BCUT2D eigenvalue weighted by molar-refractivity contribution is 0.0696. The van der Waals surface area contributed by atoms with Crippen LogP contribution in [0.1, 0.15) is 89.9 Å². The van der Waals surface area contributed by atoms with Crippen molar-refractivity contribution in [1.82, 2.24) is 9.89 Å². The van der Waals surface area contributed by atoms with Crippen LogP contribution in [0.5, 0.6) is 11.5 Å². The number of carbonyl (C=O) groups excluding carboxylic acids is 1. The Kier molecular flexibility index (Phi) is 10.6. The van der Waals surface area contributed by atoms with Gasteiger partial charge in [0.25, 0.3) is 16.0 Å². The Labute approximate surface area is 326 Å². The van der Waals surface area contributed by atoms with Gasteiger partial charge in [-0.3, -0.25) is 9.35 Å². The average molecular weight is 807 g/mol. The van der Waals surface area contributed by atoms with Crippen LogP contribution in [0.15, 0.2) is 54.6 Å². The number of carboxylic acid groups (broad SMARTS) is 1. The third-order valence-corrected chi connectivity index (χ3v) is 12.1. The number of nitrogens with one attached hydrogen (secondary N) is 1. The third-order valence-electron chi connectivity index (χ3n) is 10.8. The summed E-state index contributed by atoms with van der Waals surface area (Å²) in [4.78, 5) is 28.2. The minimum absolute atomic E-state index is 0.117. The molecule has 0 fully saturated rings. The van der Waals surface area contributed by atoms with E-state index in [0.717, 1.165) is 12.8 Å². The number of benzene rings is 3. The zero-order chi connectivity index (χ0) is 41.1. The number of hydrogen-bond acceptors (Lipinski definition) is 10. The van der Waals surface area contributed by atoms with Crippen molar-refractivity contribution in [3.8, 4) is 11.5 Å². The number of amides is 1. The first-order chi connectivity index (χ1) is 26.0. The van der Waals surface area contributed by atoms with Crippen LogP contribution in [0.3, 0.4) is 0 Å². The monoisotopic (exact) mass is 806 g/mol. The number of hydrogen-bond donors (Lipinski definition) is 4. The summed E-state index contributed by atoms with van der Waals surface area (Å²) in [7, 11) is -5.56. The van der Waals surface area contributed by atoms with E-state index in [2.05, 4.69) is 5.32 Å². The van der Waals surface area contributed by atoms with E-state index in [1.165, 1.54) is 18.2 Å². The summed E-state index contributed by atoms with van der Waals surface area (Å²) < 4.78 is 79.7. The van der Waals surface area contributed by atoms with Crippen molar-refractivity contribution in [2.75, 3.05) is 43.6 Å². The summed E-state index contributed by atoms with van der Waals surface area (Å²) in [6.07, 6.45) is 5.78. The maximum atomic E-state index is 13.2. The van der Waals surface area contributed by atoms with Gasteiger partial charge < -0.3 is 30.3 Å². The fraction of sp³-hybridized carbons (Fsp3) is 0.375. The fourth-order valence-electron chi connectivity index (χ4n) is 7.60. The van der Waals surface area contributed by atoms with Crippen molar-refractivity contribution in [1.29, 1.82) is 0 Å². The molecule has 3 aliphatic heterocycles. The Bertz CT molecular complexity index is 2610. The zero-order valence-electron chi connectivity index (χ0n) is 32.1. The van der Waals surface area contributed by atoms with Crippen molar-refractivity contribution in [3.05, 3.63) is 98.6 Å². The van der Waals surface area contributed by atoms with Gasteiger partial charge in [0.05, 0.1) is 38.6 Å². The Morgan fingerprint density at radius 2 is 1.59 bits per heavy atom. The second-order valence-electron chi connectivity index (χ2n) is 15.6. The molecular formula is C40H46N4O10S2. The van der Waals surface area contributed by atoms with E-state index in [-0.39, 0.29) is 22.3 Å². The second kappa shape index (κ2) is 14.6. The highest BCUT2D eigenvalue weighted by molar-refractivity contribution is 7.86. The summed E-state index contributed by atoms with van der Waals surface area (Å²) in [6, 6.07) is 11.2. The van der Waals surface area contributed by atoms with Gasteiger partial charge in [0.15, 0.2) is 5.54 Å². The van der Waals surface area contributed by atoms with Gasteiger partial charge in [0.1, 0.15) is 24.3 Å². The molecule has 3 aromatic carbocycles. The second-order valence-corrected chi connectivity index (χ2v) is 18.4. The number of anilines is 1. The molecule has 0 unspecified atom stereocenters. The van der Waals surface area contributed by atoms with Gasteiger partial charge >= 0.3 is 5.97 Å². The predicted molar refractivity (Wildman–Crippen MR) is 213 cm³/mol. The Morgan fingerprint density at radius 3 is 2.23 bits per heavy atom. The van der Waals surface area contributed by atoms with Crippen molar-refractivity contribution in [2.24, 2.45) is 5.73 Å². The first kappa shape index (κ1) is 40.8. The molecule has 5 N–H and O–H groups in total. The molecule has 0 saturated heterocycles. The maximum absolute atomic E-state index is 13.2. The number of unbranched alkanes of at least 4 members (excludes halogenated alkanes) is 2. The highest BCUT2D eigenvalue weighted by Crippen LogP contribution is 2.46. The van der Waals surface area contributed by atoms with Gasteiger partial charge in [-0.1, -0.05) is 18.6 Å². The van der Waals surface area contributed by atoms with Crippen LogP contribution < -0.4 is 35.8 Å². The van der Waals surface area contributed by atoms with Crippen molar-refractivity contribution >= 4 is 54.5 Å². The van der Waals surface area contributed by atoms with Crippen LogP contribution in [-0.2, 0) is 20.2 Å². The molecule has 56 heavy (non-hydrogen) atoms. The molecule has 0 aliphatic carbocycles. The molecule has 14 nitrogen and oxygen atoms in total. The van der Waals surface area contributed by atoms with Gasteiger partial charge in [-0.25, -0.2) is 17.8 Å². The molecule has 16 heteroatoms. The number of nitrogens with zero attached hydrogens (tertiary/aromatic N) is 2. The lowest BCUT2D eigenvalue weighted by Crippen LogP contribution is -2.47. The number of carboxylic acids is 1. The molecular weight excluding hydrogens is 761 g/mol. The minimum atomic E-state index is -4.73. The molecule has 0 radical (unpaired) electrons. The molecule has 3 aromatic rings. The zero-order valence-corrected chi connectivity index (χ0v) is 33.7. The van der Waals surface area contributed by atoms with E-state index in [0.29, 0.717) is 75.1 Å². The average Bonchev–Trinajstić information content (AvgIpc) is 3.08. The fourth-order valence-corrected chi connectivity index (χ4v) is 8.85. The van der Waals surface area contributed by atoms with Gasteiger partial charge in [-0.05, 0) is 80.3 Å². The molecule has 0 bridgehead atoms. The Hall–Kier alpha value is -4.87. The van der Waals surface area contributed by atoms with Crippen LogP contribution in [0.4, 0.5) is 5.69 Å². The Morgan fingerprint density at radius 1 is 0.893 bits per heavy atom. The number of nitrogens with two attached hydrogens (primary N) is 1. The SMILES string of the molecule is CN1c2cc3c(cc2C(CS(=O)(=O)[O-])=CC1(C)C)C(c1ccc(C(=O)NCCCCCN)cc1C(=O)O)=c1cc2c(cc1O3)=[N+](C)C(C)(C)C=C2CS(=O)(=O)O. The van der Waals surface area contributed by atoms with Crippen LogP contribution in [0.2, 0.25) is 0 Å². The van der Waals surface area contributed by atoms with E-state index in [1.807, 2.05) is 51.3 Å². The molecule has 298 valence electrons. The summed E-state index contributed by atoms with van der Waals surface area (Å²) in [5.74, 6) is -2.65. The highest BCUT2D eigenvalue weighted by atomic mass is 32.2. The van der Waals surface area contributed by atoms with Gasteiger partial charge in [-0.2, -0.15) is 8.42 Å². The summed E-state index contributed by atoms with van der Waals surface area (Å²) >= 11 is 0. The molecule has 0 saturated carbocycles. The van der Waals surface area contributed by atoms with Crippen LogP contribution in [0.25, 0.3) is 16.7 Å².